The van der Waals surface area contributed by atoms with E-state index in [0.717, 1.165) is 0 Å². The van der Waals surface area contributed by atoms with E-state index >= 15 is 0 Å². The first kappa shape index (κ1) is 20.0. The molecule has 0 saturated heterocycles. The van der Waals surface area contributed by atoms with Crippen LogP contribution in [0.2, 0.25) is 0 Å². The molecule has 156 valence electrons. The van der Waals surface area contributed by atoms with Gasteiger partial charge < -0.3 is 35.7 Å². The van der Waals surface area contributed by atoms with E-state index in [9.17, 15) is 35.7 Å². The lowest BCUT2D eigenvalue weighted by Crippen LogP contribution is -2.67. The fourth-order valence-electron chi connectivity index (χ4n) is 7.83. The van der Waals surface area contributed by atoms with Crippen molar-refractivity contribution in [2.75, 3.05) is 0 Å². The Balaban J connectivity index is 1.92. The van der Waals surface area contributed by atoms with Crippen molar-refractivity contribution >= 4 is 0 Å². The molecule has 4 rings (SSSR count). The molecule has 7 nitrogen and oxygen atoms in total. The summed E-state index contributed by atoms with van der Waals surface area (Å²) < 4.78 is 0. The van der Waals surface area contributed by atoms with Gasteiger partial charge in [0.15, 0.2) is 0 Å². The molecule has 11 unspecified atom stereocenters. The van der Waals surface area contributed by atoms with Gasteiger partial charge in [-0.15, -0.1) is 0 Å². The number of fused-ring (bicyclic) bond motifs is 1. The Morgan fingerprint density at radius 2 is 1.37 bits per heavy atom. The molecule has 0 aromatic rings. The Labute approximate surface area is 159 Å². The lowest BCUT2D eigenvalue weighted by Gasteiger charge is -2.55. The van der Waals surface area contributed by atoms with Crippen LogP contribution < -0.4 is 0 Å². The molecule has 0 bridgehead atoms. The van der Waals surface area contributed by atoms with E-state index in [4.69, 9.17) is 0 Å². The minimum absolute atomic E-state index is 0.0608. The molecule has 0 aromatic heterocycles. The molecule has 27 heavy (non-hydrogen) atoms. The smallest absolute Gasteiger partial charge is 0.106 e. The minimum Gasteiger partial charge on any atom is -0.390 e. The molecular formula is C20H34O7. The quantitative estimate of drug-likeness (QED) is 0.287. The topological polar surface area (TPSA) is 142 Å². The maximum absolute atomic E-state index is 11.7. The predicted molar refractivity (Wildman–Crippen MR) is 95.4 cm³/mol. The summed E-state index contributed by atoms with van der Waals surface area (Å²) in [5.41, 5.74) is -7.50. The van der Waals surface area contributed by atoms with Crippen molar-refractivity contribution in [2.45, 2.75) is 94.1 Å². The SMILES string of the molecule is CC1(O)CC2(O)CC(O)C3(O)C(C(O)C(O)C3(C)C)C(C)(O)C3CCC1C32. The van der Waals surface area contributed by atoms with Crippen LogP contribution in [0.15, 0.2) is 0 Å². The van der Waals surface area contributed by atoms with Crippen LogP contribution in [0.4, 0.5) is 0 Å². The number of hydrogen-bond acceptors (Lipinski definition) is 7. The van der Waals surface area contributed by atoms with E-state index in [1.807, 2.05) is 0 Å². The highest BCUT2D eigenvalue weighted by molar-refractivity contribution is 5.26. The second-order valence-electron chi connectivity index (χ2n) is 10.9. The highest BCUT2D eigenvalue weighted by Gasteiger charge is 2.77. The van der Waals surface area contributed by atoms with E-state index in [0.29, 0.717) is 12.8 Å². The minimum atomic E-state index is -2.00. The predicted octanol–water partition coefficient (Wildman–Crippen LogP) is -0.861. The van der Waals surface area contributed by atoms with Crippen molar-refractivity contribution in [1.29, 1.82) is 0 Å². The van der Waals surface area contributed by atoms with Crippen molar-refractivity contribution in [3.05, 3.63) is 0 Å². The zero-order chi connectivity index (χ0) is 20.4. The molecular weight excluding hydrogens is 352 g/mol. The van der Waals surface area contributed by atoms with E-state index in [2.05, 4.69) is 0 Å². The molecule has 11 atom stereocenters. The lowest BCUT2D eigenvalue weighted by atomic mass is 9.56. The van der Waals surface area contributed by atoms with E-state index in [1.165, 1.54) is 6.92 Å². The van der Waals surface area contributed by atoms with Crippen molar-refractivity contribution < 1.29 is 35.7 Å². The average molecular weight is 386 g/mol. The fraction of sp³-hybridized carbons (Fsp3) is 1.00. The van der Waals surface area contributed by atoms with Crippen LogP contribution in [0.1, 0.15) is 53.4 Å². The van der Waals surface area contributed by atoms with Crippen LogP contribution in [-0.4, -0.2) is 76.5 Å². The summed E-state index contributed by atoms with van der Waals surface area (Å²) >= 11 is 0. The maximum Gasteiger partial charge on any atom is 0.106 e. The van der Waals surface area contributed by atoms with Crippen molar-refractivity contribution in [1.82, 2.24) is 0 Å². The van der Waals surface area contributed by atoms with Gasteiger partial charge >= 0.3 is 0 Å². The van der Waals surface area contributed by atoms with Gasteiger partial charge in [0.05, 0.1) is 35.1 Å². The van der Waals surface area contributed by atoms with Crippen molar-refractivity contribution in [2.24, 2.45) is 29.1 Å². The molecule has 4 saturated carbocycles. The van der Waals surface area contributed by atoms with Crippen molar-refractivity contribution in [3.63, 3.8) is 0 Å². The molecule has 0 heterocycles. The molecule has 0 radical (unpaired) electrons. The zero-order valence-corrected chi connectivity index (χ0v) is 16.5. The number of aliphatic hydroxyl groups excluding tert-OH is 3. The largest absolute Gasteiger partial charge is 0.390 e. The number of rotatable bonds is 0. The highest BCUT2D eigenvalue weighted by atomic mass is 16.4. The third-order valence-corrected chi connectivity index (χ3v) is 9.08. The Hall–Kier alpha value is -0.280. The number of aliphatic hydroxyl groups is 7. The van der Waals surface area contributed by atoms with Gasteiger partial charge in [-0.2, -0.15) is 0 Å². The third kappa shape index (κ3) is 2.11. The third-order valence-electron chi connectivity index (χ3n) is 9.08. The number of hydrogen-bond donors (Lipinski definition) is 7. The van der Waals surface area contributed by atoms with Gasteiger partial charge in [-0.05, 0) is 44.4 Å². The van der Waals surface area contributed by atoms with Crippen LogP contribution in [0.5, 0.6) is 0 Å². The van der Waals surface area contributed by atoms with E-state index < -0.39 is 63.9 Å². The Morgan fingerprint density at radius 3 is 1.96 bits per heavy atom. The van der Waals surface area contributed by atoms with Gasteiger partial charge in [0, 0.05) is 24.2 Å². The van der Waals surface area contributed by atoms with Crippen molar-refractivity contribution in [3.8, 4) is 0 Å². The fourth-order valence-corrected chi connectivity index (χ4v) is 7.83. The molecule has 4 aliphatic rings. The van der Waals surface area contributed by atoms with Crippen LogP contribution in [-0.2, 0) is 0 Å². The summed E-state index contributed by atoms with van der Waals surface area (Å²) in [6.45, 7) is 6.33. The first-order valence-electron chi connectivity index (χ1n) is 10.1. The van der Waals surface area contributed by atoms with Gasteiger partial charge in [0.2, 0.25) is 0 Å². The Bertz CT molecular complexity index is 646. The van der Waals surface area contributed by atoms with Gasteiger partial charge in [-0.1, -0.05) is 13.8 Å². The standard InChI is InChI=1S/C20H34O7/c1-16(2)15(23)13(22)14-18(4,25)10-6-5-9-12(10)19(26,8-17(9,3)24)7-11(21)20(14,16)27/h9-15,21-27H,5-8H2,1-4H3. The Morgan fingerprint density at radius 1 is 0.815 bits per heavy atom. The maximum atomic E-state index is 11.7. The molecule has 7 heteroatoms. The van der Waals surface area contributed by atoms with Crippen LogP contribution >= 0.6 is 0 Å². The molecule has 7 N–H and O–H groups in total. The molecule has 0 amide bonds. The Kier molecular flexibility index (Phi) is 3.89. The van der Waals surface area contributed by atoms with E-state index in [-0.39, 0.29) is 18.8 Å². The molecule has 0 spiro atoms. The van der Waals surface area contributed by atoms with Crippen LogP contribution in [0.25, 0.3) is 0 Å². The van der Waals surface area contributed by atoms with E-state index in [1.54, 1.807) is 20.8 Å². The molecule has 0 aliphatic heterocycles. The summed E-state index contributed by atoms with van der Waals surface area (Å²) in [6, 6.07) is 0. The first-order valence-corrected chi connectivity index (χ1v) is 10.1. The summed E-state index contributed by atoms with van der Waals surface area (Å²) in [5.74, 6) is -2.33. The van der Waals surface area contributed by atoms with Gasteiger partial charge in [-0.25, -0.2) is 0 Å². The second-order valence-corrected chi connectivity index (χ2v) is 10.9. The van der Waals surface area contributed by atoms with Crippen LogP contribution in [0.3, 0.4) is 0 Å². The van der Waals surface area contributed by atoms with Crippen LogP contribution in [0, 0.1) is 29.1 Å². The molecule has 4 fully saturated rings. The summed E-state index contributed by atoms with van der Waals surface area (Å²) in [6.07, 6.45) is -3.19. The van der Waals surface area contributed by atoms with Gasteiger partial charge in [0.1, 0.15) is 5.60 Å². The summed E-state index contributed by atoms with van der Waals surface area (Å²) in [7, 11) is 0. The first-order chi connectivity index (χ1) is 12.1. The monoisotopic (exact) mass is 386 g/mol. The lowest BCUT2D eigenvalue weighted by molar-refractivity contribution is -0.253. The summed E-state index contributed by atoms with van der Waals surface area (Å²) in [5, 5.41) is 78.3. The summed E-state index contributed by atoms with van der Waals surface area (Å²) in [4.78, 5) is 0. The molecule has 0 aromatic carbocycles. The average Bonchev–Trinajstić information content (AvgIpc) is 3.09. The zero-order valence-electron chi connectivity index (χ0n) is 16.5. The van der Waals surface area contributed by atoms with Gasteiger partial charge in [0.25, 0.3) is 0 Å². The second kappa shape index (κ2) is 5.25. The van der Waals surface area contributed by atoms with Gasteiger partial charge in [-0.3, -0.25) is 0 Å². The highest BCUT2D eigenvalue weighted by Crippen LogP contribution is 2.67. The molecule has 4 aliphatic carbocycles. The normalized spacial score (nSPS) is 64.8.